The Labute approximate surface area is 101 Å². The first-order chi connectivity index (χ1) is 7.29. The zero-order valence-corrected chi connectivity index (χ0v) is 11.7. The van der Waals surface area contributed by atoms with E-state index < -0.39 is 25.8 Å². The molecule has 0 saturated heterocycles. The van der Waals surface area contributed by atoms with Gasteiger partial charge in [0.15, 0.2) is 0 Å². The van der Waals surface area contributed by atoms with Gasteiger partial charge in [-0.2, -0.15) is 0 Å². The normalized spacial score (nSPS) is 10.8. The highest BCUT2D eigenvalue weighted by Gasteiger charge is 2.23. The van der Waals surface area contributed by atoms with E-state index in [0.29, 0.717) is 11.1 Å². The van der Waals surface area contributed by atoms with Crippen molar-refractivity contribution in [3.05, 3.63) is 31.4 Å². The van der Waals surface area contributed by atoms with Gasteiger partial charge in [0.05, 0.1) is 9.13 Å². The van der Waals surface area contributed by atoms with Gasteiger partial charge in [-0.15, -0.1) is 0 Å². The molecule has 1 aromatic rings. The molecule has 88 valence electrons. The molecule has 0 bridgehead atoms. The molecular weight excluding hydrogens is 323 g/mol. The van der Waals surface area contributed by atoms with Gasteiger partial charge in [-0.05, 0) is 49.9 Å². The van der Waals surface area contributed by atoms with Gasteiger partial charge in [0.25, 0.3) is 0 Å². The molecule has 16 heavy (non-hydrogen) atoms. The Balaban J connectivity index is 3.91. The molecule has 0 aliphatic carbocycles. The van der Waals surface area contributed by atoms with Gasteiger partial charge < -0.3 is 5.11 Å². The van der Waals surface area contributed by atoms with Crippen molar-refractivity contribution in [2.45, 2.75) is 27.7 Å². The Morgan fingerprint density at radius 1 is 0.938 bits per heavy atom. The lowest BCUT2D eigenvalue weighted by Gasteiger charge is -2.13. The Morgan fingerprint density at radius 3 is 1.75 bits per heavy atom. The number of halogens is 1. The number of rotatable bonds is 2. The van der Waals surface area contributed by atoms with Crippen molar-refractivity contribution in [2.75, 3.05) is 0 Å². The van der Waals surface area contributed by atoms with Crippen molar-refractivity contribution in [3.63, 3.8) is 0 Å². The fourth-order valence-electron chi connectivity index (χ4n) is 1.71. The predicted octanol–water partition coefficient (Wildman–Crippen LogP) is 2.99. The third-order valence-corrected chi connectivity index (χ3v) is 5.21. The highest BCUT2D eigenvalue weighted by atomic mass is 127. The third kappa shape index (κ3) is 1.95. The molecular formula is C11H13IO4. The largest absolute Gasteiger partial charge is 0.478 e. The van der Waals surface area contributed by atoms with Gasteiger partial charge in [-0.3, -0.25) is 0 Å². The lowest BCUT2D eigenvalue weighted by atomic mass is 9.95. The predicted molar refractivity (Wildman–Crippen MR) is 66.4 cm³/mol. The quantitative estimate of drug-likeness (QED) is 0.843. The zero-order valence-electron chi connectivity index (χ0n) is 9.55. The fourth-order valence-corrected chi connectivity index (χ4v) is 3.85. The maximum Gasteiger partial charge on any atom is 0.342 e. The summed E-state index contributed by atoms with van der Waals surface area (Å²) in [4.78, 5) is 11.1. The van der Waals surface area contributed by atoms with E-state index in [9.17, 15) is 10.9 Å². The monoisotopic (exact) mass is 336 g/mol. The van der Waals surface area contributed by atoms with Crippen LogP contribution >= 0.6 is 19.8 Å². The molecule has 0 unspecified atom stereocenters. The molecule has 0 spiro atoms. The van der Waals surface area contributed by atoms with Crippen LogP contribution in [0.5, 0.6) is 0 Å². The summed E-state index contributed by atoms with van der Waals surface area (Å²) < 4.78 is 22.5. The van der Waals surface area contributed by atoms with E-state index in [0.717, 1.165) is 11.1 Å². The number of hydrogen-bond donors (Lipinski definition) is 1. The van der Waals surface area contributed by atoms with E-state index in [1.807, 2.05) is 13.8 Å². The minimum Gasteiger partial charge on any atom is -0.478 e. The summed E-state index contributed by atoms with van der Waals surface area (Å²) in [7, 11) is 0. The first kappa shape index (κ1) is 13.1. The van der Waals surface area contributed by atoms with Crippen molar-refractivity contribution >= 4 is 25.8 Å². The summed E-state index contributed by atoms with van der Waals surface area (Å²) >= 11 is -3.80. The first-order valence-corrected chi connectivity index (χ1v) is 7.52. The van der Waals surface area contributed by atoms with Gasteiger partial charge in [0.2, 0.25) is 0 Å². The molecule has 0 aliphatic rings. The van der Waals surface area contributed by atoms with E-state index in [2.05, 4.69) is 0 Å². The van der Waals surface area contributed by atoms with Crippen molar-refractivity contribution in [1.29, 1.82) is 0 Å². The molecule has 0 saturated carbocycles. The summed E-state index contributed by atoms with van der Waals surface area (Å²) in [5.74, 6) is -1.17. The highest BCUT2D eigenvalue weighted by molar-refractivity contribution is 14.2. The Kier molecular flexibility index (Phi) is 3.67. The maximum absolute atomic E-state index is 11.2. The van der Waals surface area contributed by atoms with Crippen LogP contribution < -0.4 is 0 Å². The lowest BCUT2D eigenvalue weighted by Crippen LogP contribution is -2.09. The van der Waals surface area contributed by atoms with Crippen LogP contribution in [0.1, 0.15) is 32.6 Å². The van der Waals surface area contributed by atoms with E-state index in [4.69, 9.17) is 5.11 Å². The standard InChI is InChI=1S/C11H13IO4/c1-5-6(2)8(4)10(12(15)16)9(7(5)3)11(13)14/h1-4H3,(H,13,14). The van der Waals surface area contributed by atoms with Gasteiger partial charge in [-0.1, -0.05) is 0 Å². The minimum atomic E-state index is -3.80. The van der Waals surface area contributed by atoms with Crippen molar-refractivity contribution < 1.29 is 16.0 Å². The van der Waals surface area contributed by atoms with Crippen LogP contribution in [0, 0.1) is 31.3 Å². The molecule has 0 heterocycles. The number of carboxylic acid groups (broad SMARTS) is 1. The molecule has 1 rings (SSSR count). The van der Waals surface area contributed by atoms with Crippen molar-refractivity contribution in [2.24, 2.45) is 0 Å². The second-order valence-electron chi connectivity index (χ2n) is 3.71. The van der Waals surface area contributed by atoms with E-state index in [1.54, 1.807) is 13.8 Å². The molecule has 0 radical (unpaired) electrons. The summed E-state index contributed by atoms with van der Waals surface area (Å²) in [6.07, 6.45) is 0. The molecule has 0 aromatic heterocycles. The molecule has 0 atom stereocenters. The lowest BCUT2D eigenvalue weighted by molar-refractivity contribution is 0.0694. The minimum absolute atomic E-state index is 0.0253. The summed E-state index contributed by atoms with van der Waals surface area (Å²) in [5, 5.41) is 9.08. The van der Waals surface area contributed by atoms with Crippen molar-refractivity contribution in [1.82, 2.24) is 0 Å². The Morgan fingerprint density at radius 2 is 1.38 bits per heavy atom. The second kappa shape index (κ2) is 4.48. The molecule has 1 aromatic carbocycles. The van der Waals surface area contributed by atoms with E-state index in [1.165, 1.54) is 0 Å². The fraction of sp³-hybridized carbons (Fsp3) is 0.364. The smallest absolute Gasteiger partial charge is 0.342 e. The van der Waals surface area contributed by atoms with Crippen LogP contribution in [0.2, 0.25) is 0 Å². The van der Waals surface area contributed by atoms with Crippen LogP contribution in [0.3, 0.4) is 0 Å². The highest BCUT2D eigenvalue weighted by Crippen LogP contribution is 2.32. The molecule has 0 aliphatic heterocycles. The number of carboxylic acids is 1. The van der Waals surface area contributed by atoms with Crippen LogP contribution in [-0.2, 0) is 6.14 Å². The molecule has 1 N–H and O–H groups in total. The number of benzene rings is 1. The van der Waals surface area contributed by atoms with E-state index >= 15 is 0 Å². The maximum atomic E-state index is 11.2. The van der Waals surface area contributed by atoms with Gasteiger partial charge in [0.1, 0.15) is 0 Å². The van der Waals surface area contributed by atoms with Crippen LogP contribution in [0.15, 0.2) is 0 Å². The number of hydrogen-bond acceptors (Lipinski definition) is 3. The van der Waals surface area contributed by atoms with E-state index in [-0.39, 0.29) is 9.13 Å². The zero-order chi connectivity index (χ0) is 12.6. The third-order valence-electron chi connectivity index (χ3n) is 2.98. The molecule has 0 amide bonds. The SMILES string of the molecule is Cc1c(C)c(C)c(I(=O)=O)c(C(=O)O)c1C. The van der Waals surface area contributed by atoms with Gasteiger partial charge in [-0.25, -0.2) is 10.9 Å². The molecule has 0 fully saturated rings. The Bertz CT molecular complexity index is 534. The molecule has 4 nitrogen and oxygen atoms in total. The Hall–Kier alpha value is -0.980. The van der Waals surface area contributed by atoms with Crippen molar-refractivity contribution in [3.8, 4) is 0 Å². The number of aromatic carboxylic acids is 1. The summed E-state index contributed by atoms with van der Waals surface area (Å²) in [6.45, 7) is 6.92. The topological polar surface area (TPSA) is 71.4 Å². The van der Waals surface area contributed by atoms with Crippen LogP contribution in [0.4, 0.5) is 0 Å². The van der Waals surface area contributed by atoms with Gasteiger partial charge >= 0.3 is 25.8 Å². The summed E-state index contributed by atoms with van der Waals surface area (Å²) in [5.41, 5.74) is 2.74. The average Bonchev–Trinajstić information content (AvgIpc) is 2.18. The first-order valence-electron chi connectivity index (χ1n) is 4.68. The average molecular weight is 336 g/mol. The second-order valence-corrected chi connectivity index (χ2v) is 6.03. The van der Waals surface area contributed by atoms with Crippen LogP contribution in [-0.4, -0.2) is 11.1 Å². The van der Waals surface area contributed by atoms with Gasteiger partial charge in [0, 0.05) is 0 Å². The molecule has 5 heteroatoms. The summed E-state index contributed by atoms with van der Waals surface area (Å²) in [6, 6.07) is 0. The number of carbonyl (C=O) groups is 1. The van der Waals surface area contributed by atoms with Crippen LogP contribution in [0.25, 0.3) is 0 Å².